The molecule has 1 N–H and O–H groups in total. The molecule has 0 unspecified atom stereocenters. The zero-order valence-corrected chi connectivity index (χ0v) is 12.0. The van der Waals surface area contributed by atoms with Crippen LogP contribution in [0.1, 0.15) is 29.6 Å². The Morgan fingerprint density at radius 1 is 1.28 bits per heavy atom. The van der Waals surface area contributed by atoms with Gasteiger partial charge >= 0.3 is 0 Å². The SMILES string of the molecule is CCc1nc(Cl)cc(NCc2ncc(CC)s2)n1. The van der Waals surface area contributed by atoms with Crippen molar-refractivity contribution in [3.63, 3.8) is 0 Å². The minimum absolute atomic E-state index is 0.470. The average molecular weight is 283 g/mol. The van der Waals surface area contributed by atoms with Gasteiger partial charge in [-0.3, -0.25) is 0 Å². The van der Waals surface area contributed by atoms with Crippen LogP contribution in [0.2, 0.25) is 5.15 Å². The van der Waals surface area contributed by atoms with Crippen LogP contribution in [0.4, 0.5) is 5.82 Å². The number of nitrogens with one attached hydrogen (secondary N) is 1. The van der Waals surface area contributed by atoms with Crippen molar-refractivity contribution in [2.75, 3.05) is 5.32 Å². The molecule has 0 bridgehead atoms. The first kappa shape index (κ1) is 13.2. The second kappa shape index (κ2) is 6.11. The molecule has 0 aromatic carbocycles. The van der Waals surface area contributed by atoms with E-state index in [2.05, 4.69) is 27.2 Å². The summed E-state index contributed by atoms with van der Waals surface area (Å²) in [5.74, 6) is 1.50. The number of hydrogen-bond acceptors (Lipinski definition) is 5. The topological polar surface area (TPSA) is 50.7 Å². The Morgan fingerprint density at radius 2 is 2.11 bits per heavy atom. The summed E-state index contributed by atoms with van der Waals surface area (Å²) in [4.78, 5) is 14.1. The van der Waals surface area contributed by atoms with Gasteiger partial charge in [0.2, 0.25) is 0 Å². The lowest BCUT2D eigenvalue weighted by Crippen LogP contribution is -2.04. The van der Waals surface area contributed by atoms with E-state index in [1.807, 2.05) is 13.1 Å². The smallest absolute Gasteiger partial charge is 0.134 e. The normalized spacial score (nSPS) is 10.6. The third kappa shape index (κ3) is 3.40. The molecule has 0 amide bonds. The Balaban J connectivity index is 2.03. The van der Waals surface area contributed by atoms with Gasteiger partial charge in [-0.25, -0.2) is 15.0 Å². The van der Waals surface area contributed by atoms with E-state index in [0.29, 0.717) is 11.7 Å². The molecule has 2 rings (SSSR count). The Morgan fingerprint density at radius 3 is 2.78 bits per heavy atom. The zero-order valence-electron chi connectivity index (χ0n) is 10.4. The predicted octanol–water partition coefficient (Wildman–Crippen LogP) is 3.32. The highest BCUT2D eigenvalue weighted by atomic mass is 35.5. The van der Waals surface area contributed by atoms with Crippen molar-refractivity contribution >= 4 is 28.8 Å². The third-order valence-corrected chi connectivity index (χ3v) is 3.76. The first-order valence-electron chi connectivity index (χ1n) is 5.92. The van der Waals surface area contributed by atoms with Crippen molar-refractivity contribution in [1.29, 1.82) is 0 Å². The fraction of sp³-hybridized carbons (Fsp3) is 0.417. The predicted molar refractivity (Wildman–Crippen MR) is 75.2 cm³/mol. The standard InChI is InChI=1S/C12H15ClN4S/c1-3-8-6-15-12(18-8)7-14-11-5-9(13)16-10(4-2)17-11/h5-6H,3-4,7H2,1-2H3,(H,14,16,17). The van der Waals surface area contributed by atoms with Crippen LogP contribution in [0, 0.1) is 0 Å². The number of anilines is 1. The van der Waals surface area contributed by atoms with Crippen LogP contribution < -0.4 is 5.32 Å². The van der Waals surface area contributed by atoms with Crippen LogP contribution in [-0.4, -0.2) is 15.0 Å². The van der Waals surface area contributed by atoms with Crippen molar-refractivity contribution in [1.82, 2.24) is 15.0 Å². The highest BCUT2D eigenvalue weighted by molar-refractivity contribution is 7.11. The molecule has 0 saturated heterocycles. The van der Waals surface area contributed by atoms with E-state index < -0.39 is 0 Å². The minimum Gasteiger partial charge on any atom is -0.363 e. The number of hydrogen-bond donors (Lipinski definition) is 1. The molecule has 2 aromatic rings. The van der Waals surface area contributed by atoms with Gasteiger partial charge in [0.25, 0.3) is 0 Å². The summed E-state index contributed by atoms with van der Waals surface area (Å²) in [6.07, 6.45) is 3.72. The number of halogens is 1. The summed E-state index contributed by atoms with van der Waals surface area (Å²) in [6, 6.07) is 1.73. The largest absolute Gasteiger partial charge is 0.363 e. The molecule has 0 aliphatic carbocycles. The van der Waals surface area contributed by atoms with Crippen LogP contribution in [-0.2, 0) is 19.4 Å². The van der Waals surface area contributed by atoms with E-state index in [4.69, 9.17) is 11.6 Å². The second-order valence-corrected chi connectivity index (χ2v) is 5.36. The molecule has 96 valence electrons. The van der Waals surface area contributed by atoms with Crippen LogP contribution in [0.25, 0.3) is 0 Å². The lowest BCUT2D eigenvalue weighted by atomic mass is 10.4. The summed E-state index contributed by atoms with van der Waals surface area (Å²) in [5, 5.41) is 4.75. The van der Waals surface area contributed by atoms with E-state index in [9.17, 15) is 0 Å². The Hall–Kier alpha value is -1.20. The second-order valence-electron chi connectivity index (χ2n) is 3.77. The molecule has 2 aromatic heterocycles. The van der Waals surface area contributed by atoms with E-state index in [0.717, 1.165) is 29.5 Å². The lowest BCUT2D eigenvalue weighted by Gasteiger charge is -2.05. The number of aryl methyl sites for hydroxylation is 2. The molecule has 0 aliphatic heterocycles. The van der Waals surface area contributed by atoms with Gasteiger partial charge in [-0.05, 0) is 6.42 Å². The fourth-order valence-corrected chi connectivity index (χ4v) is 2.48. The van der Waals surface area contributed by atoms with Gasteiger partial charge in [0, 0.05) is 23.6 Å². The van der Waals surface area contributed by atoms with Gasteiger partial charge < -0.3 is 5.32 Å². The van der Waals surface area contributed by atoms with Crippen molar-refractivity contribution in [3.8, 4) is 0 Å². The molecule has 0 aliphatic rings. The first-order valence-corrected chi connectivity index (χ1v) is 7.11. The van der Waals surface area contributed by atoms with Crippen molar-refractivity contribution in [2.24, 2.45) is 0 Å². The molecular weight excluding hydrogens is 268 g/mol. The first-order chi connectivity index (χ1) is 8.71. The van der Waals surface area contributed by atoms with Gasteiger partial charge in [0.1, 0.15) is 21.8 Å². The summed E-state index contributed by atoms with van der Waals surface area (Å²) >= 11 is 7.65. The monoisotopic (exact) mass is 282 g/mol. The minimum atomic E-state index is 0.470. The Labute approximate surface area is 115 Å². The number of rotatable bonds is 5. The van der Waals surface area contributed by atoms with E-state index >= 15 is 0 Å². The van der Waals surface area contributed by atoms with Gasteiger partial charge in [0.15, 0.2) is 0 Å². The molecule has 0 radical (unpaired) electrons. The summed E-state index contributed by atoms with van der Waals surface area (Å²) < 4.78 is 0. The molecule has 0 atom stereocenters. The van der Waals surface area contributed by atoms with Crippen LogP contribution in [0.3, 0.4) is 0 Å². The molecule has 2 heterocycles. The van der Waals surface area contributed by atoms with E-state index in [1.165, 1.54) is 4.88 Å². The number of aromatic nitrogens is 3. The maximum absolute atomic E-state index is 5.93. The van der Waals surface area contributed by atoms with Crippen molar-refractivity contribution < 1.29 is 0 Å². The highest BCUT2D eigenvalue weighted by Gasteiger charge is 2.04. The molecular formula is C12H15ClN4S. The Bertz CT molecular complexity index is 527. The van der Waals surface area contributed by atoms with E-state index in [-0.39, 0.29) is 0 Å². The maximum Gasteiger partial charge on any atom is 0.134 e. The molecule has 6 heteroatoms. The van der Waals surface area contributed by atoms with Gasteiger partial charge in [-0.15, -0.1) is 11.3 Å². The average Bonchev–Trinajstić information content (AvgIpc) is 2.83. The molecule has 0 fully saturated rings. The molecule has 0 spiro atoms. The van der Waals surface area contributed by atoms with Crippen molar-refractivity contribution in [3.05, 3.63) is 33.1 Å². The van der Waals surface area contributed by atoms with Crippen LogP contribution in [0.15, 0.2) is 12.3 Å². The van der Waals surface area contributed by atoms with Gasteiger partial charge in [0.05, 0.1) is 6.54 Å². The van der Waals surface area contributed by atoms with E-state index in [1.54, 1.807) is 17.4 Å². The molecule has 4 nitrogen and oxygen atoms in total. The number of nitrogens with zero attached hydrogens (tertiary/aromatic N) is 3. The third-order valence-electron chi connectivity index (χ3n) is 2.43. The van der Waals surface area contributed by atoms with Crippen molar-refractivity contribution in [2.45, 2.75) is 33.2 Å². The van der Waals surface area contributed by atoms with Crippen LogP contribution in [0.5, 0.6) is 0 Å². The molecule has 0 saturated carbocycles. The summed E-state index contributed by atoms with van der Waals surface area (Å²) in [5.41, 5.74) is 0. The fourth-order valence-electron chi connectivity index (χ4n) is 1.47. The highest BCUT2D eigenvalue weighted by Crippen LogP contribution is 2.16. The van der Waals surface area contributed by atoms with Crippen LogP contribution >= 0.6 is 22.9 Å². The quantitative estimate of drug-likeness (QED) is 0.855. The summed E-state index contributed by atoms with van der Waals surface area (Å²) in [7, 11) is 0. The maximum atomic E-state index is 5.93. The Kier molecular flexibility index (Phi) is 4.49. The lowest BCUT2D eigenvalue weighted by molar-refractivity contribution is 0.931. The molecule has 18 heavy (non-hydrogen) atoms. The zero-order chi connectivity index (χ0) is 13.0. The number of thiazole rings is 1. The van der Waals surface area contributed by atoms with Gasteiger partial charge in [-0.1, -0.05) is 25.4 Å². The van der Waals surface area contributed by atoms with Gasteiger partial charge in [-0.2, -0.15) is 0 Å². The summed E-state index contributed by atoms with van der Waals surface area (Å²) in [6.45, 7) is 4.80.